The summed E-state index contributed by atoms with van der Waals surface area (Å²) in [6.45, 7) is 7.78. The van der Waals surface area contributed by atoms with Crippen LogP contribution in [0.2, 0.25) is 0 Å². The maximum atomic E-state index is 12.5. The molecule has 7 heteroatoms. The van der Waals surface area contributed by atoms with Crippen molar-refractivity contribution >= 4 is 35.2 Å². The number of aliphatic carboxylic acids is 1. The first kappa shape index (κ1) is 22.0. The second-order valence-electron chi connectivity index (χ2n) is 6.27. The number of amides is 2. The third-order valence-corrected chi connectivity index (χ3v) is 5.27. The number of hydrogen-bond acceptors (Lipinski definition) is 4. The van der Waals surface area contributed by atoms with Gasteiger partial charge in [0.15, 0.2) is 0 Å². The first-order chi connectivity index (χ1) is 12.3. The van der Waals surface area contributed by atoms with Gasteiger partial charge in [-0.2, -0.15) is 11.8 Å². The minimum atomic E-state index is -0.878. The molecule has 2 amide bonds. The van der Waals surface area contributed by atoms with Gasteiger partial charge >= 0.3 is 5.97 Å². The second-order valence-corrected chi connectivity index (χ2v) is 7.38. The Morgan fingerprint density at radius 3 is 2.58 bits per heavy atom. The van der Waals surface area contributed by atoms with E-state index in [1.54, 1.807) is 4.90 Å². The molecule has 0 aliphatic heterocycles. The fourth-order valence-electron chi connectivity index (χ4n) is 2.34. The topological polar surface area (TPSA) is 86.7 Å². The van der Waals surface area contributed by atoms with E-state index >= 15 is 0 Å². The van der Waals surface area contributed by atoms with Gasteiger partial charge in [0.05, 0.1) is 12.2 Å². The number of hydrogen-bond donors (Lipinski definition) is 2. The Bertz CT molecular complexity index is 648. The van der Waals surface area contributed by atoms with Crippen LogP contribution in [0.25, 0.3) is 0 Å². The Balaban J connectivity index is 2.68. The molecule has 1 unspecified atom stereocenters. The monoisotopic (exact) mass is 380 g/mol. The van der Waals surface area contributed by atoms with E-state index in [2.05, 4.69) is 5.32 Å². The van der Waals surface area contributed by atoms with Gasteiger partial charge in [0.1, 0.15) is 6.54 Å². The number of rotatable bonds is 10. The number of aryl methyl sites for hydroxylation is 1. The van der Waals surface area contributed by atoms with Gasteiger partial charge < -0.3 is 15.3 Å². The molecule has 6 nitrogen and oxygen atoms in total. The van der Waals surface area contributed by atoms with Gasteiger partial charge in [0, 0.05) is 17.5 Å². The van der Waals surface area contributed by atoms with Crippen molar-refractivity contribution in [3.8, 4) is 0 Å². The fourth-order valence-corrected chi connectivity index (χ4v) is 3.15. The van der Waals surface area contributed by atoms with E-state index in [4.69, 9.17) is 5.11 Å². The third kappa shape index (κ3) is 7.07. The highest BCUT2D eigenvalue weighted by molar-refractivity contribution is 7.99. The van der Waals surface area contributed by atoms with Crippen molar-refractivity contribution in [1.29, 1.82) is 0 Å². The Morgan fingerprint density at radius 1 is 1.27 bits per heavy atom. The van der Waals surface area contributed by atoms with Crippen molar-refractivity contribution in [2.45, 2.75) is 46.6 Å². The molecule has 0 aliphatic rings. The molecular weight excluding hydrogens is 352 g/mol. The van der Waals surface area contributed by atoms with Crippen molar-refractivity contribution in [1.82, 2.24) is 4.90 Å². The van der Waals surface area contributed by atoms with E-state index in [1.165, 1.54) is 11.8 Å². The summed E-state index contributed by atoms with van der Waals surface area (Å²) in [5.74, 6) is -0.705. The average molecular weight is 381 g/mol. The number of carbonyl (C=O) groups is 3. The zero-order chi connectivity index (χ0) is 19.7. The SMILES string of the molecule is CCC(C)N(CC(=O)Nc1cccc(C)c1C)C(=O)CSCCC(=O)O. The lowest BCUT2D eigenvalue weighted by Crippen LogP contribution is -2.44. The summed E-state index contributed by atoms with van der Waals surface area (Å²) in [5, 5.41) is 11.5. The number of carboxylic acids is 1. The highest BCUT2D eigenvalue weighted by Crippen LogP contribution is 2.18. The Kier molecular flexibility index (Phi) is 9.19. The standard InChI is InChI=1S/C19H28N2O4S/c1-5-14(3)21(18(23)12-26-10-9-19(24)25)11-17(22)20-16-8-6-7-13(2)15(16)4/h6-8,14H,5,9-12H2,1-4H3,(H,20,22)(H,24,25). The minimum absolute atomic E-state index is 0.0132. The summed E-state index contributed by atoms with van der Waals surface area (Å²) in [4.78, 5) is 37.0. The van der Waals surface area contributed by atoms with Gasteiger partial charge in [0.2, 0.25) is 11.8 Å². The molecule has 0 fully saturated rings. The van der Waals surface area contributed by atoms with Crippen molar-refractivity contribution in [2.75, 3.05) is 23.4 Å². The van der Waals surface area contributed by atoms with Crippen LogP contribution in [0.4, 0.5) is 5.69 Å². The number of carbonyl (C=O) groups excluding carboxylic acids is 2. The molecule has 1 aromatic carbocycles. The normalized spacial score (nSPS) is 11.7. The van der Waals surface area contributed by atoms with Crippen LogP contribution in [0.1, 0.15) is 37.8 Å². The van der Waals surface area contributed by atoms with Crippen LogP contribution in [0.3, 0.4) is 0 Å². The summed E-state index contributed by atoms with van der Waals surface area (Å²) in [6, 6.07) is 5.65. The Morgan fingerprint density at radius 2 is 1.96 bits per heavy atom. The van der Waals surface area contributed by atoms with Gasteiger partial charge in [0.25, 0.3) is 0 Å². The maximum Gasteiger partial charge on any atom is 0.304 e. The van der Waals surface area contributed by atoms with E-state index in [-0.39, 0.29) is 36.6 Å². The van der Waals surface area contributed by atoms with Gasteiger partial charge in [-0.25, -0.2) is 0 Å². The van der Waals surface area contributed by atoms with E-state index in [0.717, 1.165) is 23.2 Å². The van der Waals surface area contributed by atoms with Crippen molar-refractivity contribution in [3.05, 3.63) is 29.3 Å². The van der Waals surface area contributed by atoms with Crippen molar-refractivity contribution < 1.29 is 19.5 Å². The summed E-state index contributed by atoms with van der Waals surface area (Å²) >= 11 is 1.28. The van der Waals surface area contributed by atoms with Gasteiger partial charge in [-0.3, -0.25) is 14.4 Å². The summed E-state index contributed by atoms with van der Waals surface area (Å²) in [5.41, 5.74) is 2.85. The molecule has 0 bridgehead atoms. The zero-order valence-corrected chi connectivity index (χ0v) is 16.7. The number of thioether (sulfide) groups is 1. The number of carboxylic acid groups (broad SMARTS) is 1. The highest BCUT2D eigenvalue weighted by atomic mass is 32.2. The maximum absolute atomic E-state index is 12.5. The first-order valence-electron chi connectivity index (χ1n) is 8.71. The first-order valence-corrected chi connectivity index (χ1v) is 9.86. The largest absolute Gasteiger partial charge is 0.481 e. The average Bonchev–Trinajstić information content (AvgIpc) is 2.59. The van der Waals surface area contributed by atoms with E-state index in [0.29, 0.717) is 5.75 Å². The van der Waals surface area contributed by atoms with Crippen molar-refractivity contribution in [3.63, 3.8) is 0 Å². The van der Waals surface area contributed by atoms with Crippen LogP contribution < -0.4 is 5.32 Å². The lowest BCUT2D eigenvalue weighted by atomic mass is 10.1. The Labute approximate surface area is 159 Å². The predicted molar refractivity (Wildman–Crippen MR) is 106 cm³/mol. The molecule has 0 heterocycles. The van der Waals surface area contributed by atoms with E-state index in [9.17, 15) is 14.4 Å². The third-order valence-electron chi connectivity index (χ3n) is 4.32. The van der Waals surface area contributed by atoms with Crippen LogP contribution in [0.15, 0.2) is 18.2 Å². The van der Waals surface area contributed by atoms with Crippen molar-refractivity contribution in [2.24, 2.45) is 0 Å². The molecule has 0 spiro atoms. The summed E-state index contributed by atoms with van der Waals surface area (Å²) in [6.07, 6.45) is 0.761. The van der Waals surface area contributed by atoms with Crippen LogP contribution >= 0.6 is 11.8 Å². The molecule has 1 rings (SSSR count). The van der Waals surface area contributed by atoms with Crippen LogP contribution in [0, 0.1) is 13.8 Å². The molecular formula is C19H28N2O4S. The molecule has 2 N–H and O–H groups in total. The number of nitrogens with zero attached hydrogens (tertiary/aromatic N) is 1. The Hall–Kier alpha value is -2.02. The minimum Gasteiger partial charge on any atom is -0.481 e. The summed E-state index contributed by atoms with van der Waals surface area (Å²) < 4.78 is 0. The van der Waals surface area contributed by atoms with E-state index in [1.807, 2.05) is 45.9 Å². The lowest BCUT2D eigenvalue weighted by molar-refractivity contribution is -0.136. The molecule has 1 aromatic rings. The number of nitrogens with one attached hydrogen (secondary N) is 1. The fraction of sp³-hybridized carbons (Fsp3) is 0.526. The molecule has 0 radical (unpaired) electrons. The van der Waals surface area contributed by atoms with Crippen LogP contribution in [-0.2, 0) is 14.4 Å². The van der Waals surface area contributed by atoms with Crippen LogP contribution in [0.5, 0.6) is 0 Å². The van der Waals surface area contributed by atoms with Gasteiger partial charge in [-0.05, 0) is 44.4 Å². The predicted octanol–water partition coefficient (Wildman–Crippen LogP) is 3.08. The highest BCUT2D eigenvalue weighted by Gasteiger charge is 2.22. The molecule has 0 aromatic heterocycles. The second kappa shape index (κ2) is 10.9. The van der Waals surface area contributed by atoms with Crippen LogP contribution in [-0.4, -0.2) is 51.9 Å². The summed E-state index contributed by atoms with van der Waals surface area (Å²) in [7, 11) is 0. The quantitative estimate of drug-likeness (QED) is 0.609. The molecule has 144 valence electrons. The molecule has 26 heavy (non-hydrogen) atoms. The van der Waals surface area contributed by atoms with Gasteiger partial charge in [-0.15, -0.1) is 0 Å². The lowest BCUT2D eigenvalue weighted by Gasteiger charge is -2.28. The molecule has 0 saturated carbocycles. The smallest absolute Gasteiger partial charge is 0.304 e. The van der Waals surface area contributed by atoms with Gasteiger partial charge in [-0.1, -0.05) is 19.1 Å². The molecule has 1 atom stereocenters. The zero-order valence-electron chi connectivity index (χ0n) is 15.9. The number of benzene rings is 1. The molecule has 0 saturated heterocycles. The van der Waals surface area contributed by atoms with E-state index < -0.39 is 5.97 Å². The number of anilines is 1. The molecule has 0 aliphatic carbocycles.